The van der Waals surface area contributed by atoms with Crippen LogP contribution in [0.5, 0.6) is 0 Å². The maximum atomic E-state index is 12.8. The van der Waals surface area contributed by atoms with Crippen molar-refractivity contribution in [2.75, 3.05) is 0 Å². The SMILES string of the molecule is O=C1CC[C@H](N(C(=O)OCc2ccccc2)C2CCCCC2)C(=O)O1. The van der Waals surface area contributed by atoms with Crippen molar-refractivity contribution in [2.45, 2.75) is 63.6 Å². The van der Waals surface area contributed by atoms with Gasteiger partial charge < -0.3 is 9.47 Å². The van der Waals surface area contributed by atoms with Crippen molar-refractivity contribution in [3.63, 3.8) is 0 Å². The van der Waals surface area contributed by atoms with Crippen LogP contribution < -0.4 is 0 Å². The van der Waals surface area contributed by atoms with Gasteiger partial charge in [-0.3, -0.25) is 9.69 Å². The van der Waals surface area contributed by atoms with E-state index in [0.717, 1.165) is 37.7 Å². The Kier molecular flexibility index (Phi) is 5.68. The van der Waals surface area contributed by atoms with Crippen molar-refractivity contribution in [2.24, 2.45) is 0 Å². The molecule has 134 valence electrons. The summed E-state index contributed by atoms with van der Waals surface area (Å²) in [5.74, 6) is -1.17. The molecule has 1 atom stereocenters. The Morgan fingerprint density at radius 2 is 1.80 bits per heavy atom. The number of benzene rings is 1. The lowest BCUT2D eigenvalue weighted by atomic mass is 9.92. The molecule has 2 aliphatic rings. The molecular formula is C19H23NO5. The van der Waals surface area contributed by atoms with Gasteiger partial charge in [-0.25, -0.2) is 9.59 Å². The second kappa shape index (κ2) is 8.14. The minimum absolute atomic E-state index is 0.0391. The first-order chi connectivity index (χ1) is 12.1. The summed E-state index contributed by atoms with van der Waals surface area (Å²) in [6.07, 6.45) is 4.81. The molecule has 1 aromatic carbocycles. The summed E-state index contributed by atoms with van der Waals surface area (Å²) < 4.78 is 10.2. The number of hydrogen-bond acceptors (Lipinski definition) is 5. The van der Waals surface area contributed by atoms with E-state index in [4.69, 9.17) is 9.47 Å². The maximum Gasteiger partial charge on any atom is 0.411 e. The summed E-state index contributed by atoms with van der Waals surface area (Å²) in [5.41, 5.74) is 0.890. The molecule has 2 fully saturated rings. The molecule has 0 spiro atoms. The zero-order chi connectivity index (χ0) is 17.6. The number of esters is 2. The molecule has 0 radical (unpaired) electrons. The normalized spacial score (nSPS) is 21.5. The number of carbonyl (C=O) groups excluding carboxylic acids is 3. The van der Waals surface area contributed by atoms with Crippen LogP contribution in [0.3, 0.4) is 0 Å². The fourth-order valence-electron chi connectivity index (χ4n) is 3.54. The van der Waals surface area contributed by atoms with Crippen molar-refractivity contribution in [1.29, 1.82) is 0 Å². The molecule has 0 unspecified atom stereocenters. The van der Waals surface area contributed by atoms with E-state index < -0.39 is 24.1 Å². The van der Waals surface area contributed by atoms with Gasteiger partial charge in [0.25, 0.3) is 0 Å². The van der Waals surface area contributed by atoms with Crippen molar-refractivity contribution in [3.8, 4) is 0 Å². The molecule has 6 nitrogen and oxygen atoms in total. The van der Waals surface area contributed by atoms with Gasteiger partial charge in [0.2, 0.25) is 0 Å². The topological polar surface area (TPSA) is 72.9 Å². The summed E-state index contributed by atoms with van der Waals surface area (Å²) in [6.45, 7) is 0.156. The minimum Gasteiger partial charge on any atom is -0.445 e. The third-order valence-electron chi connectivity index (χ3n) is 4.83. The molecule has 1 aliphatic carbocycles. The molecule has 0 aromatic heterocycles. The fourth-order valence-corrected chi connectivity index (χ4v) is 3.54. The Bertz CT molecular complexity index is 624. The number of hydrogen-bond donors (Lipinski definition) is 0. The Balaban J connectivity index is 1.72. The Labute approximate surface area is 147 Å². The average molecular weight is 345 g/mol. The minimum atomic E-state index is -0.732. The predicted molar refractivity (Wildman–Crippen MR) is 89.5 cm³/mol. The summed E-state index contributed by atoms with van der Waals surface area (Å²) in [7, 11) is 0. The van der Waals surface area contributed by atoms with E-state index in [1.165, 1.54) is 4.90 Å². The fraction of sp³-hybridized carbons (Fsp3) is 0.526. The van der Waals surface area contributed by atoms with Crippen LogP contribution in [-0.2, 0) is 25.7 Å². The van der Waals surface area contributed by atoms with Crippen LogP contribution in [0, 0.1) is 0 Å². The molecule has 1 heterocycles. The molecule has 3 rings (SSSR count). The van der Waals surface area contributed by atoms with Crippen molar-refractivity contribution in [3.05, 3.63) is 35.9 Å². The van der Waals surface area contributed by atoms with Crippen LogP contribution in [0.25, 0.3) is 0 Å². The third-order valence-corrected chi connectivity index (χ3v) is 4.83. The lowest BCUT2D eigenvalue weighted by Crippen LogP contribution is -2.54. The molecule has 1 aliphatic heterocycles. The highest BCUT2D eigenvalue weighted by molar-refractivity contribution is 5.93. The third kappa shape index (κ3) is 4.38. The van der Waals surface area contributed by atoms with Crippen molar-refractivity contribution < 1.29 is 23.9 Å². The summed E-state index contributed by atoms with van der Waals surface area (Å²) in [6, 6.07) is 8.65. The first kappa shape index (κ1) is 17.5. The van der Waals surface area contributed by atoms with Crippen molar-refractivity contribution in [1.82, 2.24) is 4.90 Å². The van der Waals surface area contributed by atoms with E-state index >= 15 is 0 Å². The predicted octanol–water partition coefficient (Wildman–Crippen LogP) is 3.19. The van der Waals surface area contributed by atoms with E-state index in [1.807, 2.05) is 30.3 Å². The van der Waals surface area contributed by atoms with E-state index in [0.29, 0.717) is 6.42 Å². The molecule has 6 heteroatoms. The zero-order valence-electron chi connectivity index (χ0n) is 14.2. The van der Waals surface area contributed by atoms with Gasteiger partial charge >= 0.3 is 18.0 Å². The number of rotatable bonds is 4. The number of amides is 1. The highest BCUT2D eigenvalue weighted by Crippen LogP contribution is 2.28. The molecule has 1 saturated heterocycles. The van der Waals surface area contributed by atoms with Gasteiger partial charge in [0.05, 0.1) is 0 Å². The molecule has 1 amide bonds. The number of cyclic esters (lactones) is 2. The van der Waals surface area contributed by atoms with Crippen molar-refractivity contribution >= 4 is 18.0 Å². The lowest BCUT2D eigenvalue weighted by molar-refractivity contribution is -0.169. The van der Waals surface area contributed by atoms with E-state index in [1.54, 1.807) is 0 Å². The Morgan fingerprint density at radius 3 is 2.48 bits per heavy atom. The summed E-state index contributed by atoms with van der Waals surface area (Å²) in [4.78, 5) is 37.8. The van der Waals surface area contributed by atoms with Gasteiger partial charge in [-0.15, -0.1) is 0 Å². The first-order valence-corrected chi connectivity index (χ1v) is 8.88. The van der Waals surface area contributed by atoms with Crippen LogP contribution >= 0.6 is 0 Å². The first-order valence-electron chi connectivity index (χ1n) is 8.88. The Hall–Kier alpha value is -2.37. The summed E-state index contributed by atoms with van der Waals surface area (Å²) >= 11 is 0. The number of nitrogens with zero attached hydrogens (tertiary/aromatic N) is 1. The van der Waals surface area contributed by atoms with Crippen LogP contribution in [0.15, 0.2) is 30.3 Å². The van der Waals surface area contributed by atoms with E-state index in [2.05, 4.69) is 0 Å². The second-order valence-electron chi connectivity index (χ2n) is 6.59. The molecule has 25 heavy (non-hydrogen) atoms. The lowest BCUT2D eigenvalue weighted by Gasteiger charge is -2.38. The van der Waals surface area contributed by atoms with Gasteiger partial charge in [0.1, 0.15) is 12.6 Å². The highest BCUT2D eigenvalue weighted by atomic mass is 16.6. The van der Waals surface area contributed by atoms with Crippen LogP contribution in [0.2, 0.25) is 0 Å². The van der Waals surface area contributed by atoms with Gasteiger partial charge in [-0.05, 0) is 24.8 Å². The van der Waals surface area contributed by atoms with Crippen LogP contribution in [-0.4, -0.2) is 35.0 Å². The van der Waals surface area contributed by atoms with Gasteiger partial charge in [-0.1, -0.05) is 49.6 Å². The molecule has 0 bridgehead atoms. The largest absolute Gasteiger partial charge is 0.445 e. The summed E-state index contributed by atoms with van der Waals surface area (Å²) in [5, 5.41) is 0. The smallest absolute Gasteiger partial charge is 0.411 e. The molecule has 1 aromatic rings. The van der Waals surface area contributed by atoms with Crippen LogP contribution in [0.1, 0.15) is 50.5 Å². The molecule has 1 saturated carbocycles. The maximum absolute atomic E-state index is 12.8. The zero-order valence-corrected chi connectivity index (χ0v) is 14.2. The standard InChI is InChI=1S/C19H23NO5/c21-17-12-11-16(18(22)25-17)20(15-9-5-2-6-10-15)19(23)24-13-14-7-3-1-4-8-14/h1,3-4,7-8,15-16H,2,5-6,9-13H2/t16-/m0/s1. The van der Waals surface area contributed by atoms with Gasteiger partial charge in [0, 0.05) is 12.5 Å². The highest BCUT2D eigenvalue weighted by Gasteiger charge is 2.41. The molecule has 0 N–H and O–H groups in total. The van der Waals surface area contributed by atoms with Crippen LogP contribution in [0.4, 0.5) is 4.79 Å². The number of ether oxygens (including phenoxy) is 2. The number of carbonyl (C=O) groups is 3. The monoisotopic (exact) mass is 345 g/mol. The molecular weight excluding hydrogens is 322 g/mol. The quantitative estimate of drug-likeness (QED) is 0.619. The second-order valence-corrected chi connectivity index (χ2v) is 6.59. The average Bonchev–Trinajstić information content (AvgIpc) is 2.64. The van der Waals surface area contributed by atoms with Gasteiger partial charge in [0.15, 0.2) is 0 Å². The van der Waals surface area contributed by atoms with E-state index in [9.17, 15) is 14.4 Å². The van der Waals surface area contributed by atoms with Gasteiger partial charge in [-0.2, -0.15) is 0 Å². The Morgan fingerprint density at radius 1 is 1.08 bits per heavy atom. The van der Waals surface area contributed by atoms with E-state index in [-0.39, 0.29) is 19.1 Å².